The standard InChI is InChI=1S/C25H27N5/c1-2-5-20(6-3-1)15-21-10-13-29(14-11-21)12-4-7-22-17-26-25-9-8-23(16-24(22)25)30-18-27-28-19-30/h1-3,5-6,8-10,16-19,26H,4,7,11-15H2. The first kappa shape index (κ1) is 18.8. The van der Waals surface area contributed by atoms with Gasteiger partial charge in [-0.1, -0.05) is 42.0 Å². The molecule has 30 heavy (non-hydrogen) atoms. The molecule has 1 aliphatic rings. The number of aromatic amines is 1. The lowest BCUT2D eigenvalue weighted by Crippen LogP contribution is -2.30. The summed E-state index contributed by atoms with van der Waals surface area (Å²) in [5.74, 6) is 0. The average Bonchev–Trinajstić information content (AvgIpc) is 3.46. The second kappa shape index (κ2) is 8.67. The Labute approximate surface area is 177 Å². The number of aromatic nitrogens is 4. The molecular weight excluding hydrogens is 370 g/mol. The van der Waals surface area contributed by atoms with Crippen molar-refractivity contribution in [3.63, 3.8) is 0 Å². The normalized spacial score (nSPS) is 14.9. The van der Waals surface area contributed by atoms with E-state index in [1.165, 1.54) is 41.4 Å². The molecule has 0 unspecified atom stereocenters. The third kappa shape index (κ3) is 4.21. The Morgan fingerprint density at radius 3 is 2.67 bits per heavy atom. The van der Waals surface area contributed by atoms with Crippen molar-refractivity contribution in [3.05, 3.63) is 90.2 Å². The van der Waals surface area contributed by atoms with E-state index in [1.54, 1.807) is 18.2 Å². The number of benzene rings is 2. The molecule has 0 aliphatic carbocycles. The number of rotatable bonds is 7. The number of hydrogen-bond acceptors (Lipinski definition) is 3. The molecule has 5 rings (SSSR count). The van der Waals surface area contributed by atoms with Crippen LogP contribution in [0.15, 0.2) is 79.0 Å². The van der Waals surface area contributed by atoms with E-state index in [1.807, 2.05) is 4.57 Å². The highest BCUT2D eigenvalue weighted by molar-refractivity contribution is 5.85. The van der Waals surface area contributed by atoms with Gasteiger partial charge in [0.2, 0.25) is 0 Å². The molecule has 0 atom stereocenters. The van der Waals surface area contributed by atoms with Crippen LogP contribution in [0.1, 0.15) is 24.0 Å². The van der Waals surface area contributed by atoms with E-state index in [2.05, 4.69) is 80.9 Å². The van der Waals surface area contributed by atoms with Crippen LogP contribution in [0.3, 0.4) is 0 Å². The molecule has 1 N–H and O–H groups in total. The topological polar surface area (TPSA) is 49.7 Å². The summed E-state index contributed by atoms with van der Waals surface area (Å²) >= 11 is 0. The fourth-order valence-electron chi connectivity index (χ4n) is 4.34. The van der Waals surface area contributed by atoms with Crippen LogP contribution in [-0.4, -0.2) is 44.3 Å². The van der Waals surface area contributed by atoms with Gasteiger partial charge >= 0.3 is 0 Å². The zero-order chi connectivity index (χ0) is 20.2. The Bertz CT molecular complexity index is 1130. The van der Waals surface area contributed by atoms with Crippen molar-refractivity contribution in [1.82, 2.24) is 24.6 Å². The molecule has 0 radical (unpaired) electrons. The third-order valence-corrected chi connectivity index (χ3v) is 6.05. The minimum atomic E-state index is 1.08. The predicted octanol–water partition coefficient (Wildman–Crippen LogP) is 4.56. The zero-order valence-corrected chi connectivity index (χ0v) is 17.2. The minimum Gasteiger partial charge on any atom is -0.361 e. The van der Waals surface area contributed by atoms with Gasteiger partial charge in [0.1, 0.15) is 12.7 Å². The van der Waals surface area contributed by atoms with E-state index in [-0.39, 0.29) is 0 Å². The second-order valence-electron chi connectivity index (χ2n) is 8.09. The van der Waals surface area contributed by atoms with Gasteiger partial charge in [-0.2, -0.15) is 0 Å². The molecule has 0 spiro atoms. The highest BCUT2D eigenvalue weighted by atomic mass is 15.2. The molecule has 2 aromatic carbocycles. The molecule has 0 saturated carbocycles. The van der Waals surface area contributed by atoms with Gasteiger partial charge in [0.05, 0.1) is 0 Å². The highest BCUT2D eigenvalue weighted by Crippen LogP contribution is 2.23. The highest BCUT2D eigenvalue weighted by Gasteiger charge is 2.12. The van der Waals surface area contributed by atoms with Crippen LogP contribution in [0.25, 0.3) is 16.6 Å². The number of aryl methyl sites for hydroxylation is 1. The molecule has 5 heteroatoms. The lowest BCUT2D eigenvalue weighted by atomic mass is 9.99. The number of nitrogens with one attached hydrogen (secondary N) is 1. The van der Waals surface area contributed by atoms with Crippen LogP contribution in [0, 0.1) is 0 Å². The lowest BCUT2D eigenvalue weighted by Gasteiger charge is -2.26. The Kier molecular flexibility index (Phi) is 5.44. The summed E-state index contributed by atoms with van der Waals surface area (Å²) in [5.41, 5.74) is 6.67. The summed E-state index contributed by atoms with van der Waals surface area (Å²) in [4.78, 5) is 5.99. The van der Waals surface area contributed by atoms with Crippen molar-refractivity contribution in [2.75, 3.05) is 19.6 Å². The maximum atomic E-state index is 3.91. The molecule has 0 amide bonds. The molecule has 5 nitrogen and oxygen atoms in total. The Balaban J connectivity index is 1.16. The van der Waals surface area contributed by atoms with E-state index >= 15 is 0 Å². The summed E-state index contributed by atoms with van der Waals surface area (Å²) in [7, 11) is 0. The maximum absolute atomic E-state index is 3.91. The maximum Gasteiger partial charge on any atom is 0.123 e. The third-order valence-electron chi connectivity index (χ3n) is 6.05. The van der Waals surface area contributed by atoms with Gasteiger partial charge in [-0.15, -0.1) is 10.2 Å². The fourth-order valence-corrected chi connectivity index (χ4v) is 4.34. The van der Waals surface area contributed by atoms with Gasteiger partial charge in [-0.25, -0.2) is 0 Å². The number of fused-ring (bicyclic) bond motifs is 1. The number of hydrogen-bond donors (Lipinski definition) is 1. The van der Waals surface area contributed by atoms with Crippen molar-refractivity contribution in [1.29, 1.82) is 0 Å². The Morgan fingerprint density at radius 2 is 1.87 bits per heavy atom. The molecule has 0 fully saturated rings. The SMILES string of the molecule is C1=C(Cc2ccccc2)CCN(CCCc2c[nH]c3ccc(-n4cnnc4)cc23)C1. The summed E-state index contributed by atoms with van der Waals surface area (Å²) in [6.07, 6.45) is 12.6. The lowest BCUT2D eigenvalue weighted by molar-refractivity contribution is 0.289. The quantitative estimate of drug-likeness (QED) is 0.465. The van der Waals surface area contributed by atoms with Crippen molar-refractivity contribution in [2.45, 2.75) is 25.7 Å². The van der Waals surface area contributed by atoms with Gasteiger partial charge in [0, 0.05) is 35.9 Å². The summed E-state index contributed by atoms with van der Waals surface area (Å²) in [5, 5.41) is 9.12. The average molecular weight is 398 g/mol. The molecule has 3 heterocycles. The van der Waals surface area contributed by atoms with Crippen LogP contribution in [0.4, 0.5) is 0 Å². The van der Waals surface area contributed by atoms with Crippen molar-refractivity contribution in [3.8, 4) is 5.69 Å². The summed E-state index contributed by atoms with van der Waals surface area (Å²) < 4.78 is 1.95. The fraction of sp³-hybridized carbons (Fsp3) is 0.280. The van der Waals surface area contributed by atoms with Gasteiger partial charge in [0.15, 0.2) is 0 Å². The number of nitrogens with zero attached hydrogens (tertiary/aromatic N) is 4. The largest absolute Gasteiger partial charge is 0.361 e. The van der Waals surface area contributed by atoms with Gasteiger partial charge in [0.25, 0.3) is 0 Å². The Morgan fingerprint density at radius 1 is 1.00 bits per heavy atom. The van der Waals surface area contributed by atoms with Gasteiger partial charge in [-0.3, -0.25) is 9.47 Å². The van der Waals surface area contributed by atoms with Crippen molar-refractivity contribution >= 4 is 10.9 Å². The van der Waals surface area contributed by atoms with Gasteiger partial charge in [-0.05, 0) is 61.6 Å². The number of H-pyrrole nitrogens is 1. The molecule has 0 bridgehead atoms. The van der Waals surface area contributed by atoms with Crippen molar-refractivity contribution < 1.29 is 0 Å². The smallest absolute Gasteiger partial charge is 0.123 e. The first-order chi connectivity index (χ1) is 14.8. The summed E-state index contributed by atoms with van der Waals surface area (Å²) in [6, 6.07) is 17.3. The molecule has 152 valence electrons. The van der Waals surface area contributed by atoms with Crippen LogP contribution in [0.2, 0.25) is 0 Å². The van der Waals surface area contributed by atoms with Crippen LogP contribution >= 0.6 is 0 Å². The van der Waals surface area contributed by atoms with Crippen molar-refractivity contribution in [2.24, 2.45) is 0 Å². The second-order valence-corrected chi connectivity index (χ2v) is 8.09. The molecule has 1 aliphatic heterocycles. The van der Waals surface area contributed by atoms with E-state index in [0.29, 0.717) is 0 Å². The molecule has 4 aromatic rings. The molecular formula is C25H27N5. The molecule has 0 saturated heterocycles. The Hall–Kier alpha value is -3.18. The first-order valence-electron chi connectivity index (χ1n) is 10.7. The van der Waals surface area contributed by atoms with E-state index in [4.69, 9.17) is 0 Å². The van der Waals surface area contributed by atoms with Crippen LogP contribution in [-0.2, 0) is 12.8 Å². The first-order valence-corrected chi connectivity index (χ1v) is 10.7. The van der Waals surface area contributed by atoms with Crippen LogP contribution < -0.4 is 0 Å². The minimum absolute atomic E-state index is 1.08. The monoisotopic (exact) mass is 397 g/mol. The summed E-state index contributed by atoms with van der Waals surface area (Å²) in [6.45, 7) is 3.39. The van der Waals surface area contributed by atoms with E-state index < -0.39 is 0 Å². The van der Waals surface area contributed by atoms with Gasteiger partial charge < -0.3 is 4.98 Å². The van der Waals surface area contributed by atoms with E-state index in [9.17, 15) is 0 Å². The molecule has 2 aromatic heterocycles. The zero-order valence-electron chi connectivity index (χ0n) is 17.2. The predicted molar refractivity (Wildman–Crippen MR) is 121 cm³/mol. The van der Waals surface area contributed by atoms with E-state index in [0.717, 1.165) is 31.6 Å². The van der Waals surface area contributed by atoms with Crippen LogP contribution in [0.5, 0.6) is 0 Å².